The number of anilines is 1. The first-order valence-electron chi connectivity index (χ1n) is 5.91. The van der Waals surface area contributed by atoms with Crippen LogP contribution >= 0.6 is 23.2 Å². The maximum absolute atomic E-state index is 5.99. The van der Waals surface area contributed by atoms with Gasteiger partial charge in [-0.25, -0.2) is 0 Å². The van der Waals surface area contributed by atoms with Crippen LogP contribution in [0.2, 0.25) is 10.0 Å². The highest BCUT2D eigenvalue weighted by molar-refractivity contribution is 6.31. The molecule has 0 amide bonds. The van der Waals surface area contributed by atoms with Crippen molar-refractivity contribution >= 4 is 28.9 Å². The quantitative estimate of drug-likeness (QED) is 0.828. The third-order valence-corrected chi connectivity index (χ3v) is 3.36. The van der Waals surface area contributed by atoms with Crippen molar-refractivity contribution in [3.8, 4) is 5.75 Å². The smallest absolute Gasteiger partial charge is 0.125 e. The predicted octanol–water partition coefficient (Wildman–Crippen LogP) is 4.77. The Hall–Kier alpha value is -1.38. The average Bonchev–Trinajstić information content (AvgIpc) is 2.32. The normalized spacial score (nSPS) is 10.5. The minimum atomic E-state index is 0.385. The van der Waals surface area contributed by atoms with Crippen molar-refractivity contribution in [3.05, 3.63) is 57.1 Å². The fourth-order valence-electron chi connectivity index (χ4n) is 1.97. The topological polar surface area (TPSA) is 35.2 Å². The minimum absolute atomic E-state index is 0.385. The molecule has 2 N–H and O–H groups in total. The minimum Gasteiger partial charge on any atom is -0.488 e. The van der Waals surface area contributed by atoms with Gasteiger partial charge in [0.05, 0.1) is 0 Å². The number of aryl methyl sites for hydroxylation is 2. The number of hydrogen-bond donors (Lipinski definition) is 1. The Balaban J connectivity index is 2.21. The first-order valence-corrected chi connectivity index (χ1v) is 6.66. The molecule has 100 valence electrons. The summed E-state index contributed by atoms with van der Waals surface area (Å²) in [7, 11) is 0. The monoisotopic (exact) mass is 295 g/mol. The van der Waals surface area contributed by atoms with E-state index >= 15 is 0 Å². The fourth-order valence-corrected chi connectivity index (χ4v) is 2.50. The van der Waals surface area contributed by atoms with Gasteiger partial charge in [-0.3, -0.25) is 0 Å². The first kappa shape index (κ1) is 14.0. The molecule has 0 saturated carbocycles. The molecule has 2 rings (SSSR count). The van der Waals surface area contributed by atoms with Gasteiger partial charge in [0.2, 0.25) is 0 Å². The summed E-state index contributed by atoms with van der Waals surface area (Å²) in [5.41, 5.74) is 9.46. The Labute approximate surface area is 123 Å². The highest BCUT2D eigenvalue weighted by Crippen LogP contribution is 2.28. The van der Waals surface area contributed by atoms with E-state index < -0.39 is 0 Å². The molecule has 2 aromatic carbocycles. The van der Waals surface area contributed by atoms with E-state index in [1.54, 1.807) is 12.1 Å². The number of hydrogen-bond acceptors (Lipinski definition) is 2. The van der Waals surface area contributed by atoms with E-state index in [1.807, 2.05) is 32.0 Å². The van der Waals surface area contributed by atoms with Crippen molar-refractivity contribution in [1.29, 1.82) is 0 Å². The van der Waals surface area contributed by atoms with E-state index in [4.69, 9.17) is 33.7 Å². The van der Waals surface area contributed by atoms with Gasteiger partial charge in [0, 0.05) is 21.3 Å². The van der Waals surface area contributed by atoms with Crippen LogP contribution in [-0.2, 0) is 6.61 Å². The lowest BCUT2D eigenvalue weighted by Crippen LogP contribution is -2.02. The maximum Gasteiger partial charge on any atom is 0.125 e. The van der Waals surface area contributed by atoms with E-state index in [1.165, 1.54) is 0 Å². The number of rotatable bonds is 3. The van der Waals surface area contributed by atoms with Crippen molar-refractivity contribution in [3.63, 3.8) is 0 Å². The van der Waals surface area contributed by atoms with Crippen LogP contribution in [0.15, 0.2) is 30.3 Å². The summed E-state index contributed by atoms with van der Waals surface area (Å²) < 4.78 is 5.85. The third kappa shape index (κ3) is 3.34. The average molecular weight is 296 g/mol. The predicted molar refractivity (Wildman–Crippen MR) is 81.1 cm³/mol. The van der Waals surface area contributed by atoms with Gasteiger partial charge >= 0.3 is 0 Å². The number of benzene rings is 2. The molecular weight excluding hydrogens is 281 g/mol. The van der Waals surface area contributed by atoms with Gasteiger partial charge in [-0.1, -0.05) is 23.2 Å². The summed E-state index contributed by atoms with van der Waals surface area (Å²) in [4.78, 5) is 0. The molecule has 0 aliphatic heterocycles. The van der Waals surface area contributed by atoms with Crippen LogP contribution in [0, 0.1) is 13.8 Å². The molecule has 19 heavy (non-hydrogen) atoms. The fraction of sp³-hybridized carbons (Fsp3) is 0.200. The zero-order valence-corrected chi connectivity index (χ0v) is 12.3. The molecule has 0 fully saturated rings. The molecule has 0 aromatic heterocycles. The van der Waals surface area contributed by atoms with E-state index in [-0.39, 0.29) is 0 Å². The third-order valence-electron chi connectivity index (χ3n) is 2.90. The summed E-state index contributed by atoms with van der Waals surface area (Å²) >= 11 is 11.9. The summed E-state index contributed by atoms with van der Waals surface area (Å²) in [6, 6.07) is 9.12. The van der Waals surface area contributed by atoms with E-state index in [0.717, 1.165) is 22.4 Å². The lowest BCUT2D eigenvalue weighted by Gasteiger charge is -2.14. The summed E-state index contributed by atoms with van der Waals surface area (Å²) in [5, 5.41) is 1.36. The molecule has 2 aromatic rings. The van der Waals surface area contributed by atoms with Gasteiger partial charge in [0.15, 0.2) is 0 Å². The summed E-state index contributed by atoms with van der Waals surface area (Å²) in [5.74, 6) is 0.837. The van der Waals surface area contributed by atoms with Gasteiger partial charge in [0.1, 0.15) is 12.4 Å². The second kappa shape index (κ2) is 5.72. The lowest BCUT2D eigenvalue weighted by molar-refractivity contribution is 0.302. The molecule has 0 atom stereocenters. The van der Waals surface area contributed by atoms with Crippen LogP contribution in [0.5, 0.6) is 5.75 Å². The molecular formula is C15H15Cl2NO. The first-order chi connectivity index (χ1) is 8.97. The molecule has 0 radical (unpaired) electrons. The Kier molecular flexibility index (Phi) is 4.23. The molecule has 0 unspecified atom stereocenters. The van der Waals surface area contributed by atoms with Crippen LogP contribution in [0.1, 0.15) is 16.7 Å². The molecule has 0 saturated heterocycles. The van der Waals surface area contributed by atoms with Gasteiger partial charge in [-0.2, -0.15) is 0 Å². The SMILES string of the molecule is Cc1cc(Cl)cc(C)c1OCc1cc(Cl)ccc1N. The van der Waals surface area contributed by atoms with Crippen LogP contribution < -0.4 is 10.5 Å². The van der Waals surface area contributed by atoms with Gasteiger partial charge in [0.25, 0.3) is 0 Å². The molecule has 0 aliphatic rings. The highest BCUT2D eigenvalue weighted by Gasteiger charge is 2.07. The van der Waals surface area contributed by atoms with Crippen molar-refractivity contribution in [1.82, 2.24) is 0 Å². The van der Waals surface area contributed by atoms with Crippen LogP contribution in [0.25, 0.3) is 0 Å². The van der Waals surface area contributed by atoms with E-state index in [0.29, 0.717) is 22.3 Å². The molecule has 0 spiro atoms. The molecule has 0 bridgehead atoms. The highest BCUT2D eigenvalue weighted by atomic mass is 35.5. The number of nitrogen functional groups attached to an aromatic ring is 1. The van der Waals surface area contributed by atoms with Crippen LogP contribution in [-0.4, -0.2) is 0 Å². The van der Waals surface area contributed by atoms with Crippen molar-refractivity contribution in [2.45, 2.75) is 20.5 Å². The number of nitrogens with two attached hydrogens (primary N) is 1. The Bertz CT molecular complexity index is 588. The molecule has 0 aliphatic carbocycles. The maximum atomic E-state index is 5.99. The largest absolute Gasteiger partial charge is 0.488 e. The Morgan fingerprint density at radius 2 is 1.63 bits per heavy atom. The van der Waals surface area contributed by atoms with E-state index in [9.17, 15) is 0 Å². The van der Waals surface area contributed by atoms with Crippen molar-refractivity contribution < 1.29 is 4.74 Å². The molecule has 4 heteroatoms. The van der Waals surface area contributed by atoms with Gasteiger partial charge < -0.3 is 10.5 Å². The molecule has 2 nitrogen and oxygen atoms in total. The molecule has 0 heterocycles. The zero-order valence-electron chi connectivity index (χ0n) is 10.8. The summed E-state index contributed by atoms with van der Waals surface area (Å²) in [6.07, 6.45) is 0. The Morgan fingerprint density at radius 3 is 2.26 bits per heavy atom. The summed E-state index contributed by atoms with van der Waals surface area (Å²) in [6.45, 7) is 4.32. The van der Waals surface area contributed by atoms with Gasteiger partial charge in [-0.15, -0.1) is 0 Å². The second-order valence-electron chi connectivity index (χ2n) is 4.50. The van der Waals surface area contributed by atoms with Crippen molar-refractivity contribution in [2.75, 3.05) is 5.73 Å². The van der Waals surface area contributed by atoms with Crippen LogP contribution in [0.3, 0.4) is 0 Å². The second-order valence-corrected chi connectivity index (χ2v) is 5.37. The van der Waals surface area contributed by atoms with E-state index in [2.05, 4.69) is 0 Å². The number of halogens is 2. The van der Waals surface area contributed by atoms with Gasteiger partial charge in [-0.05, 0) is 55.3 Å². The standard InChI is InChI=1S/C15H15Cl2NO/c1-9-5-13(17)6-10(2)15(9)19-8-11-7-12(16)3-4-14(11)18/h3-7H,8,18H2,1-2H3. The Morgan fingerprint density at radius 1 is 1.00 bits per heavy atom. The van der Waals surface area contributed by atoms with Crippen molar-refractivity contribution in [2.24, 2.45) is 0 Å². The lowest BCUT2D eigenvalue weighted by atomic mass is 10.1. The van der Waals surface area contributed by atoms with Crippen LogP contribution in [0.4, 0.5) is 5.69 Å². The zero-order chi connectivity index (χ0) is 14.0. The number of ether oxygens (including phenoxy) is 1.